The number of nitrogens with zero attached hydrogens (tertiary/aromatic N) is 2. The van der Waals surface area contributed by atoms with Gasteiger partial charge in [0.2, 0.25) is 5.91 Å². The minimum Gasteiger partial charge on any atom is -0.322 e. The van der Waals surface area contributed by atoms with Crippen LogP contribution in [-0.4, -0.2) is 21.7 Å². The molecule has 0 radical (unpaired) electrons. The number of carbonyl (C=O) groups excluding carboxylic acids is 1. The first-order chi connectivity index (χ1) is 7.58. The Balaban J connectivity index is 2.72. The van der Waals surface area contributed by atoms with Crippen molar-refractivity contribution in [2.75, 3.05) is 5.32 Å². The van der Waals surface area contributed by atoms with Gasteiger partial charge in [-0.2, -0.15) is 5.10 Å². The molecule has 88 valence electrons. The summed E-state index contributed by atoms with van der Waals surface area (Å²) >= 11 is 0. The van der Waals surface area contributed by atoms with Crippen LogP contribution in [-0.2, 0) is 18.3 Å². The molecule has 0 saturated carbocycles. The highest BCUT2D eigenvalue weighted by molar-refractivity contribution is 5.95. The van der Waals surface area contributed by atoms with Crippen molar-refractivity contribution < 1.29 is 4.79 Å². The fourth-order valence-corrected chi connectivity index (χ4v) is 1.41. The van der Waals surface area contributed by atoms with Gasteiger partial charge in [0, 0.05) is 13.2 Å². The average Bonchev–Trinajstić information content (AvgIpc) is 2.59. The van der Waals surface area contributed by atoms with E-state index in [9.17, 15) is 4.79 Å². The molecule has 3 N–H and O–H groups in total. The van der Waals surface area contributed by atoms with E-state index in [2.05, 4.69) is 17.0 Å². The summed E-state index contributed by atoms with van der Waals surface area (Å²) in [5.74, 6) is -0.206. The van der Waals surface area contributed by atoms with Gasteiger partial charge in [0.1, 0.15) is 0 Å². The highest BCUT2D eigenvalue weighted by atomic mass is 16.2. The minimum absolute atomic E-state index is 0.206. The molecule has 1 aromatic heterocycles. The summed E-state index contributed by atoms with van der Waals surface area (Å²) in [5, 5.41) is 7.00. The molecule has 1 heterocycles. The van der Waals surface area contributed by atoms with Crippen LogP contribution in [0.2, 0.25) is 0 Å². The van der Waals surface area contributed by atoms with Crippen molar-refractivity contribution in [3.05, 3.63) is 24.5 Å². The Morgan fingerprint density at radius 1 is 1.81 bits per heavy atom. The maximum atomic E-state index is 11.7. The Kier molecular flexibility index (Phi) is 4.25. The quantitative estimate of drug-likeness (QED) is 0.724. The van der Waals surface area contributed by atoms with Crippen molar-refractivity contribution >= 4 is 11.6 Å². The van der Waals surface area contributed by atoms with Gasteiger partial charge in [-0.25, -0.2) is 0 Å². The number of rotatable bonds is 5. The largest absolute Gasteiger partial charge is 0.322 e. The lowest BCUT2D eigenvalue weighted by Gasteiger charge is -2.09. The van der Waals surface area contributed by atoms with Crippen LogP contribution in [0.4, 0.5) is 5.69 Å². The molecule has 0 saturated heterocycles. The Bertz CT molecular complexity index is 383. The van der Waals surface area contributed by atoms with E-state index in [0.717, 1.165) is 17.8 Å². The second-order valence-electron chi connectivity index (χ2n) is 3.64. The second-order valence-corrected chi connectivity index (χ2v) is 3.64. The van der Waals surface area contributed by atoms with Gasteiger partial charge < -0.3 is 11.1 Å². The molecule has 0 aliphatic carbocycles. The SMILES string of the molecule is C=CCC(N)C(=O)Nc1cn(C)nc1CC. The molecule has 1 atom stereocenters. The van der Waals surface area contributed by atoms with E-state index >= 15 is 0 Å². The summed E-state index contributed by atoms with van der Waals surface area (Å²) < 4.78 is 1.67. The first-order valence-electron chi connectivity index (χ1n) is 5.28. The second kappa shape index (κ2) is 5.46. The van der Waals surface area contributed by atoms with Gasteiger partial charge in [-0.3, -0.25) is 9.48 Å². The molecule has 0 bridgehead atoms. The molecule has 0 aliphatic rings. The van der Waals surface area contributed by atoms with Crippen LogP contribution in [0.5, 0.6) is 0 Å². The zero-order chi connectivity index (χ0) is 12.1. The van der Waals surface area contributed by atoms with Crippen LogP contribution in [0.15, 0.2) is 18.9 Å². The van der Waals surface area contributed by atoms with Gasteiger partial charge in [-0.1, -0.05) is 13.0 Å². The third-order valence-corrected chi connectivity index (χ3v) is 2.26. The maximum absolute atomic E-state index is 11.7. The zero-order valence-electron chi connectivity index (χ0n) is 9.73. The van der Waals surface area contributed by atoms with Crippen LogP contribution in [0.25, 0.3) is 0 Å². The van der Waals surface area contributed by atoms with Crippen LogP contribution in [0, 0.1) is 0 Å². The lowest BCUT2D eigenvalue weighted by atomic mass is 10.2. The van der Waals surface area contributed by atoms with E-state index in [1.807, 2.05) is 14.0 Å². The van der Waals surface area contributed by atoms with E-state index in [1.54, 1.807) is 17.0 Å². The van der Waals surface area contributed by atoms with Crippen molar-refractivity contribution in [1.29, 1.82) is 0 Å². The Hall–Kier alpha value is -1.62. The molecule has 5 nitrogen and oxygen atoms in total. The summed E-state index contributed by atoms with van der Waals surface area (Å²) in [7, 11) is 1.82. The number of carbonyl (C=O) groups is 1. The molecule has 1 aromatic rings. The van der Waals surface area contributed by atoms with E-state index in [-0.39, 0.29) is 5.91 Å². The van der Waals surface area contributed by atoms with Crippen LogP contribution < -0.4 is 11.1 Å². The average molecular weight is 222 g/mol. The molecule has 0 aliphatic heterocycles. The lowest BCUT2D eigenvalue weighted by Crippen LogP contribution is -2.35. The predicted octanol–water partition coefficient (Wildman–Crippen LogP) is 0.824. The molecular weight excluding hydrogens is 204 g/mol. The normalized spacial score (nSPS) is 12.2. The van der Waals surface area contributed by atoms with Crippen molar-refractivity contribution in [1.82, 2.24) is 9.78 Å². The summed E-state index contributed by atoms with van der Waals surface area (Å²) in [6.07, 6.45) is 4.65. The number of hydrogen-bond donors (Lipinski definition) is 2. The van der Waals surface area contributed by atoms with Gasteiger partial charge in [0.15, 0.2) is 0 Å². The molecule has 16 heavy (non-hydrogen) atoms. The third-order valence-electron chi connectivity index (χ3n) is 2.26. The maximum Gasteiger partial charge on any atom is 0.241 e. The Labute approximate surface area is 95.3 Å². The third kappa shape index (κ3) is 2.93. The van der Waals surface area contributed by atoms with Crippen molar-refractivity contribution in [3.8, 4) is 0 Å². The molecule has 5 heteroatoms. The first kappa shape index (κ1) is 12.4. The minimum atomic E-state index is -0.553. The fraction of sp³-hybridized carbons (Fsp3) is 0.455. The highest BCUT2D eigenvalue weighted by Gasteiger charge is 2.14. The first-order valence-corrected chi connectivity index (χ1v) is 5.28. The van der Waals surface area contributed by atoms with Gasteiger partial charge in [0.05, 0.1) is 17.4 Å². The standard InChI is InChI=1S/C11H18N4O/c1-4-6-8(12)11(16)13-10-7-15(3)14-9(10)5-2/h4,7-8H,1,5-6,12H2,2-3H3,(H,13,16). The highest BCUT2D eigenvalue weighted by Crippen LogP contribution is 2.13. The summed E-state index contributed by atoms with van der Waals surface area (Å²) in [6, 6.07) is -0.553. The lowest BCUT2D eigenvalue weighted by molar-refractivity contribution is -0.117. The van der Waals surface area contributed by atoms with Gasteiger partial charge >= 0.3 is 0 Å². The van der Waals surface area contributed by atoms with E-state index in [0.29, 0.717) is 6.42 Å². The smallest absolute Gasteiger partial charge is 0.241 e. The number of amides is 1. The van der Waals surface area contributed by atoms with Crippen LogP contribution in [0.3, 0.4) is 0 Å². The molecule has 1 rings (SSSR count). The fourth-order valence-electron chi connectivity index (χ4n) is 1.41. The van der Waals surface area contributed by atoms with E-state index in [4.69, 9.17) is 5.73 Å². The van der Waals surface area contributed by atoms with E-state index in [1.165, 1.54) is 0 Å². The van der Waals surface area contributed by atoms with E-state index < -0.39 is 6.04 Å². The number of aromatic nitrogens is 2. The monoisotopic (exact) mass is 222 g/mol. The topological polar surface area (TPSA) is 72.9 Å². The molecule has 1 amide bonds. The Morgan fingerprint density at radius 3 is 3.06 bits per heavy atom. The Morgan fingerprint density at radius 2 is 2.50 bits per heavy atom. The van der Waals surface area contributed by atoms with Gasteiger partial charge in [-0.05, 0) is 12.8 Å². The summed E-state index contributed by atoms with van der Waals surface area (Å²) in [5.41, 5.74) is 7.26. The summed E-state index contributed by atoms with van der Waals surface area (Å²) in [6.45, 7) is 5.54. The number of nitrogens with one attached hydrogen (secondary N) is 1. The van der Waals surface area contributed by atoms with Crippen LogP contribution >= 0.6 is 0 Å². The number of nitrogens with two attached hydrogens (primary N) is 1. The molecule has 0 fully saturated rings. The van der Waals surface area contributed by atoms with Crippen LogP contribution in [0.1, 0.15) is 19.0 Å². The molecular formula is C11H18N4O. The van der Waals surface area contributed by atoms with Gasteiger partial charge in [-0.15, -0.1) is 6.58 Å². The number of aryl methyl sites for hydroxylation is 2. The van der Waals surface area contributed by atoms with Gasteiger partial charge in [0.25, 0.3) is 0 Å². The number of anilines is 1. The van der Waals surface area contributed by atoms with Crippen molar-refractivity contribution in [2.45, 2.75) is 25.8 Å². The predicted molar refractivity (Wildman–Crippen MR) is 64.0 cm³/mol. The van der Waals surface area contributed by atoms with Crippen molar-refractivity contribution in [3.63, 3.8) is 0 Å². The van der Waals surface area contributed by atoms with Crippen molar-refractivity contribution in [2.24, 2.45) is 12.8 Å². The molecule has 0 spiro atoms. The molecule has 1 unspecified atom stereocenters. The zero-order valence-corrected chi connectivity index (χ0v) is 9.73. The molecule has 0 aromatic carbocycles. The number of hydrogen-bond acceptors (Lipinski definition) is 3. The summed E-state index contributed by atoms with van der Waals surface area (Å²) in [4.78, 5) is 11.7.